The zero-order chi connectivity index (χ0) is 28.4. The number of pyridine rings is 1. The molecule has 4 N–H and O–H groups in total. The molecule has 2 aromatic heterocycles. The van der Waals surface area contributed by atoms with Crippen molar-refractivity contribution in [3.63, 3.8) is 0 Å². The molecule has 2 aromatic carbocycles. The highest BCUT2D eigenvalue weighted by Gasteiger charge is 2.25. The van der Waals surface area contributed by atoms with Crippen molar-refractivity contribution in [2.75, 3.05) is 11.9 Å². The number of carbonyl (C=O) groups excluding carboxylic acids is 2. The van der Waals surface area contributed by atoms with Crippen molar-refractivity contribution < 1.29 is 28.6 Å². The number of nitrogens with one attached hydrogen (secondary N) is 1. The van der Waals surface area contributed by atoms with Crippen molar-refractivity contribution in [2.24, 2.45) is 11.7 Å². The summed E-state index contributed by atoms with van der Waals surface area (Å²) < 4.78 is 28.0. The molecule has 5 rings (SSSR count). The predicted molar refractivity (Wildman–Crippen MR) is 146 cm³/mol. The van der Waals surface area contributed by atoms with Crippen LogP contribution in [-0.4, -0.2) is 43.7 Å². The molecule has 40 heavy (non-hydrogen) atoms. The molecular formula is C29H30FN5O5. The number of benzene rings is 2. The Morgan fingerprint density at radius 3 is 2.70 bits per heavy atom. The molecule has 1 fully saturated rings. The third kappa shape index (κ3) is 6.55. The summed E-state index contributed by atoms with van der Waals surface area (Å²) in [4.78, 5) is 33.1. The van der Waals surface area contributed by atoms with E-state index in [1.54, 1.807) is 26.0 Å². The summed E-state index contributed by atoms with van der Waals surface area (Å²) >= 11 is 0. The number of hydrogen-bond acceptors (Lipinski definition) is 7. The molecule has 4 aromatic rings. The molecule has 2 heterocycles. The number of rotatable bonds is 11. The molecule has 11 heteroatoms. The van der Waals surface area contributed by atoms with Crippen LogP contribution in [0.3, 0.4) is 0 Å². The lowest BCUT2D eigenvalue weighted by molar-refractivity contribution is -0.115. The van der Waals surface area contributed by atoms with E-state index in [4.69, 9.17) is 15.2 Å². The molecule has 0 atom stereocenters. The second kappa shape index (κ2) is 10.9. The number of nitrogens with two attached hydrogens (primary N) is 1. The summed E-state index contributed by atoms with van der Waals surface area (Å²) in [5, 5.41) is 12.9. The van der Waals surface area contributed by atoms with Crippen LogP contribution in [0.15, 0.2) is 54.7 Å². The minimum Gasteiger partial charge on any atom is -0.491 e. The van der Waals surface area contributed by atoms with Gasteiger partial charge in [-0.3, -0.25) is 14.9 Å². The van der Waals surface area contributed by atoms with Gasteiger partial charge >= 0.3 is 0 Å². The number of primary amides is 1. The van der Waals surface area contributed by atoms with Gasteiger partial charge in [0.25, 0.3) is 5.91 Å². The maximum atomic E-state index is 14.8. The molecule has 0 saturated heterocycles. The molecule has 10 nitrogen and oxygen atoms in total. The Kier molecular flexibility index (Phi) is 7.40. The van der Waals surface area contributed by atoms with Crippen molar-refractivity contribution in [2.45, 2.75) is 45.3 Å². The molecule has 2 amide bonds. The minimum absolute atomic E-state index is 0.0235. The normalized spacial score (nSPS) is 13.3. The van der Waals surface area contributed by atoms with E-state index >= 15 is 0 Å². The molecule has 0 bridgehead atoms. The first-order valence-electron chi connectivity index (χ1n) is 12.9. The lowest BCUT2D eigenvalue weighted by atomic mass is 10.1. The van der Waals surface area contributed by atoms with Crippen LogP contribution in [0.4, 0.5) is 10.3 Å². The second-order valence-corrected chi connectivity index (χ2v) is 10.6. The Balaban J connectivity index is 1.31. The number of aliphatic hydroxyl groups is 1. The Morgan fingerprint density at radius 1 is 1.20 bits per heavy atom. The van der Waals surface area contributed by atoms with Gasteiger partial charge in [-0.2, -0.15) is 0 Å². The lowest BCUT2D eigenvalue weighted by Gasteiger charge is -2.18. The number of carbonyl (C=O) groups is 2. The van der Waals surface area contributed by atoms with Crippen LogP contribution in [0.5, 0.6) is 17.4 Å². The average molecular weight is 548 g/mol. The number of aromatic nitrogens is 3. The SMILES string of the molecule is CC(C)(O)COc1ccc2nc(NC(=O)Cc3ccc(Oc4ncccc4C(N)=O)c(F)c3)n(CC3CC3)c2c1. The van der Waals surface area contributed by atoms with Gasteiger partial charge in [0, 0.05) is 18.8 Å². The standard InChI is InChI=1S/C29H30FN5O5/c1-29(2,38)16-39-19-8-9-22-23(14-19)35(15-17-5-6-17)28(33-22)34-25(36)13-18-7-10-24(21(30)12-18)40-27-20(26(31)37)4-3-11-32-27/h3-4,7-12,14,17,38H,5-6,13,15-16H2,1-2H3,(H2,31,37)(H,33,34,36). The fraction of sp³-hybridized carbons (Fsp3) is 0.310. The molecule has 0 aliphatic heterocycles. The number of imidazole rings is 1. The number of amides is 2. The van der Waals surface area contributed by atoms with Crippen LogP contribution in [0.25, 0.3) is 11.0 Å². The van der Waals surface area contributed by atoms with Crippen molar-refractivity contribution in [1.82, 2.24) is 14.5 Å². The van der Waals surface area contributed by atoms with Gasteiger partial charge < -0.3 is 24.9 Å². The molecule has 1 saturated carbocycles. The van der Waals surface area contributed by atoms with Gasteiger partial charge in [-0.25, -0.2) is 14.4 Å². The highest BCUT2D eigenvalue weighted by molar-refractivity contribution is 5.95. The number of hydrogen-bond donors (Lipinski definition) is 3. The van der Waals surface area contributed by atoms with E-state index in [0.29, 0.717) is 35.2 Å². The second-order valence-electron chi connectivity index (χ2n) is 10.6. The molecule has 0 unspecified atom stereocenters. The summed E-state index contributed by atoms with van der Waals surface area (Å²) in [7, 11) is 0. The lowest BCUT2D eigenvalue weighted by Crippen LogP contribution is -2.27. The Bertz CT molecular complexity index is 1580. The maximum Gasteiger partial charge on any atom is 0.254 e. The van der Waals surface area contributed by atoms with Crippen LogP contribution in [-0.2, 0) is 17.8 Å². The van der Waals surface area contributed by atoms with E-state index in [1.165, 1.54) is 30.5 Å². The third-order valence-electron chi connectivity index (χ3n) is 6.30. The summed E-state index contributed by atoms with van der Waals surface area (Å²) in [5.41, 5.74) is 6.31. The van der Waals surface area contributed by atoms with Crippen LogP contribution >= 0.6 is 0 Å². The fourth-order valence-corrected chi connectivity index (χ4v) is 4.15. The van der Waals surface area contributed by atoms with E-state index in [9.17, 15) is 19.1 Å². The summed E-state index contributed by atoms with van der Waals surface area (Å²) in [6.45, 7) is 4.17. The first-order chi connectivity index (χ1) is 19.1. The zero-order valence-electron chi connectivity index (χ0n) is 22.2. The van der Waals surface area contributed by atoms with Gasteiger partial charge in [0.15, 0.2) is 11.6 Å². The summed E-state index contributed by atoms with van der Waals surface area (Å²) in [6.07, 6.45) is 3.52. The smallest absolute Gasteiger partial charge is 0.254 e. The maximum absolute atomic E-state index is 14.8. The van der Waals surface area contributed by atoms with E-state index < -0.39 is 17.3 Å². The Morgan fingerprint density at radius 2 is 2.00 bits per heavy atom. The summed E-state index contributed by atoms with van der Waals surface area (Å²) in [5.74, 6) is -0.587. The molecule has 1 aliphatic carbocycles. The van der Waals surface area contributed by atoms with Gasteiger partial charge in [-0.05, 0) is 74.6 Å². The first-order valence-corrected chi connectivity index (χ1v) is 12.9. The molecule has 208 valence electrons. The average Bonchev–Trinajstić information content (AvgIpc) is 3.66. The highest BCUT2D eigenvalue weighted by atomic mass is 19.1. The van der Waals surface area contributed by atoms with E-state index in [0.717, 1.165) is 18.4 Å². The van der Waals surface area contributed by atoms with Crippen LogP contribution in [0, 0.1) is 11.7 Å². The zero-order valence-corrected chi connectivity index (χ0v) is 22.2. The molecule has 0 spiro atoms. The quantitative estimate of drug-likeness (QED) is 0.255. The molecule has 1 aliphatic rings. The van der Waals surface area contributed by atoms with Crippen LogP contribution in [0.1, 0.15) is 42.6 Å². The van der Waals surface area contributed by atoms with Crippen molar-refractivity contribution in [1.29, 1.82) is 0 Å². The number of halogens is 1. The number of nitrogens with zero attached hydrogens (tertiary/aromatic N) is 3. The monoisotopic (exact) mass is 547 g/mol. The van der Waals surface area contributed by atoms with Gasteiger partial charge in [0.2, 0.25) is 17.7 Å². The number of fused-ring (bicyclic) bond motifs is 1. The van der Waals surface area contributed by atoms with E-state index in [-0.39, 0.29) is 36.1 Å². The Hall–Kier alpha value is -4.51. The largest absolute Gasteiger partial charge is 0.491 e. The van der Waals surface area contributed by atoms with Crippen molar-refractivity contribution in [3.05, 3.63) is 71.7 Å². The summed E-state index contributed by atoms with van der Waals surface area (Å²) in [6, 6.07) is 12.5. The number of ether oxygens (including phenoxy) is 2. The fourth-order valence-electron chi connectivity index (χ4n) is 4.15. The third-order valence-corrected chi connectivity index (χ3v) is 6.30. The topological polar surface area (TPSA) is 142 Å². The van der Waals surface area contributed by atoms with E-state index in [1.807, 2.05) is 16.7 Å². The molecular weight excluding hydrogens is 517 g/mol. The van der Waals surface area contributed by atoms with Crippen LogP contribution < -0.4 is 20.5 Å². The van der Waals surface area contributed by atoms with Crippen molar-refractivity contribution in [3.8, 4) is 17.4 Å². The first kappa shape index (κ1) is 27.1. The molecule has 0 radical (unpaired) electrons. The highest BCUT2D eigenvalue weighted by Crippen LogP contribution is 2.34. The van der Waals surface area contributed by atoms with Crippen molar-refractivity contribution >= 4 is 28.8 Å². The van der Waals surface area contributed by atoms with Gasteiger partial charge in [-0.15, -0.1) is 0 Å². The van der Waals surface area contributed by atoms with E-state index in [2.05, 4.69) is 15.3 Å². The minimum atomic E-state index is -0.975. The van der Waals surface area contributed by atoms with Gasteiger partial charge in [0.05, 0.1) is 23.1 Å². The van der Waals surface area contributed by atoms with Gasteiger partial charge in [-0.1, -0.05) is 6.07 Å². The van der Waals surface area contributed by atoms with Gasteiger partial charge in [0.1, 0.15) is 17.9 Å². The predicted octanol–water partition coefficient (Wildman–Crippen LogP) is 4.20. The number of anilines is 1. The Labute approximate surface area is 229 Å². The van der Waals surface area contributed by atoms with Crippen LogP contribution in [0.2, 0.25) is 0 Å².